The van der Waals surface area contributed by atoms with Crippen molar-refractivity contribution < 1.29 is 28.8 Å². The van der Waals surface area contributed by atoms with Crippen molar-refractivity contribution in [2.45, 2.75) is 71.1 Å². The molecule has 7 heteroatoms. The van der Waals surface area contributed by atoms with Crippen LogP contribution in [0.3, 0.4) is 0 Å². The second-order valence-corrected chi connectivity index (χ2v) is 9.11. The summed E-state index contributed by atoms with van der Waals surface area (Å²) in [4.78, 5) is 53.7. The summed E-state index contributed by atoms with van der Waals surface area (Å²) in [6.07, 6.45) is 4.30. The van der Waals surface area contributed by atoms with Gasteiger partial charge in [-0.25, -0.2) is 4.79 Å². The Hall–Kier alpha value is -3.48. The predicted octanol–water partition coefficient (Wildman–Crippen LogP) is 5.73. The van der Waals surface area contributed by atoms with E-state index >= 15 is 0 Å². The molecule has 1 aliphatic heterocycles. The van der Waals surface area contributed by atoms with Gasteiger partial charge in [0.2, 0.25) is 0 Å². The van der Waals surface area contributed by atoms with E-state index in [1.54, 1.807) is 0 Å². The maximum Gasteiger partial charge on any atom is 0.533 e. The van der Waals surface area contributed by atoms with Crippen LogP contribution in [0.4, 0.5) is 4.79 Å². The number of ether oxygens (including phenoxy) is 1. The van der Waals surface area contributed by atoms with Gasteiger partial charge in [-0.2, -0.15) is 0 Å². The van der Waals surface area contributed by atoms with E-state index in [1.165, 1.54) is 5.56 Å². The molecule has 1 unspecified atom stereocenters. The molecule has 0 spiro atoms. The van der Waals surface area contributed by atoms with Crippen molar-refractivity contribution in [3.05, 3.63) is 58.7 Å². The van der Waals surface area contributed by atoms with E-state index in [0.717, 1.165) is 54.4 Å². The van der Waals surface area contributed by atoms with Gasteiger partial charge in [-0.3, -0.25) is 19.2 Å². The minimum absolute atomic E-state index is 0.0187. The minimum Gasteiger partial charge on any atom is -0.432 e. The fourth-order valence-corrected chi connectivity index (χ4v) is 4.79. The van der Waals surface area contributed by atoms with Crippen LogP contribution in [0.5, 0.6) is 0 Å². The molecule has 2 aromatic carbocycles. The van der Waals surface area contributed by atoms with Crippen LogP contribution in [0.25, 0.3) is 11.1 Å². The van der Waals surface area contributed by atoms with Gasteiger partial charge in [0.25, 0.3) is 11.8 Å². The molecule has 0 bridgehead atoms. The number of hydrogen-bond donors (Lipinski definition) is 0. The molecule has 0 saturated carbocycles. The van der Waals surface area contributed by atoms with Gasteiger partial charge in [0.05, 0.1) is 0 Å². The number of imide groups is 1. The van der Waals surface area contributed by atoms with Crippen LogP contribution in [-0.4, -0.2) is 35.4 Å². The van der Waals surface area contributed by atoms with Gasteiger partial charge in [0.1, 0.15) is 6.61 Å². The van der Waals surface area contributed by atoms with Crippen LogP contribution in [0.1, 0.15) is 91.8 Å². The molecule has 1 saturated heterocycles. The average Bonchev–Trinajstić information content (AvgIpc) is 3.35. The van der Waals surface area contributed by atoms with E-state index in [4.69, 9.17) is 9.57 Å². The van der Waals surface area contributed by atoms with E-state index in [1.807, 2.05) is 18.2 Å². The molecule has 0 radical (unpaired) electrons. The molecule has 4 rings (SSSR count). The van der Waals surface area contributed by atoms with Crippen molar-refractivity contribution in [1.82, 2.24) is 5.06 Å². The number of hydrogen-bond acceptors (Lipinski definition) is 6. The number of nitrogens with zero attached hydrogens (tertiary/aromatic N) is 1. The number of amides is 2. The average molecular weight is 478 g/mol. The lowest BCUT2D eigenvalue weighted by Gasteiger charge is -2.17. The fraction of sp³-hybridized carbons (Fsp3) is 0.429. The first kappa shape index (κ1) is 24.6. The third-order valence-electron chi connectivity index (χ3n) is 6.65. The molecular formula is C28H31NO6. The number of rotatable bonds is 10. The van der Waals surface area contributed by atoms with Crippen molar-refractivity contribution >= 4 is 23.8 Å². The highest BCUT2D eigenvalue weighted by Gasteiger charge is 2.36. The van der Waals surface area contributed by atoms with Gasteiger partial charge in [0.15, 0.2) is 5.78 Å². The third kappa shape index (κ3) is 5.14. The summed E-state index contributed by atoms with van der Waals surface area (Å²) in [7, 11) is 0. The van der Waals surface area contributed by atoms with Gasteiger partial charge in [0, 0.05) is 30.7 Å². The lowest BCUT2D eigenvalue weighted by Crippen LogP contribution is -2.32. The normalized spacial score (nSPS) is 16.3. The molecule has 1 fully saturated rings. The zero-order valence-electron chi connectivity index (χ0n) is 20.3. The van der Waals surface area contributed by atoms with Crippen molar-refractivity contribution in [2.75, 3.05) is 6.61 Å². The van der Waals surface area contributed by atoms with Crippen molar-refractivity contribution in [1.29, 1.82) is 0 Å². The number of benzene rings is 2. The Labute approximate surface area is 205 Å². The second kappa shape index (κ2) is 10.8. The highest BCUT2D eigenvalue weighted by atomic mass is 16.8. The maximum atomic E-state index is 13.0. The van der Waals surface area contributed by atoms with E-state index in [0.29, 0.717) is 17.0 Å². The molecule has 1 atom stereocenters. The van der Waals surface area contributed by atoms with Crippen molar-refractivity contribution in [2.24, 2.45) is 0 Å². The predicted molar refractivity (Wildman–Crippen MR) is 130 cm³/mol. The number of fused-ring (bicyclic) bond motifs is 3. The summed E-state index contributed by atoms with van der Waals surface area (Å²) < 4.78 is 5.39. The Bertz CT molecular complexity index is 1140. The molecule has 2 aromatic rings. The number of carbonyl (C=O) groups excluding carboxylic acids is 4. The monoisotopic (exact) mass is 477 g/mol. The van der Waals surface area contributed by atoms with Crippen LogP contribution in [0, 0.1) is 0 Å². The molecule has 184 valence electrons. The maximum absolute atomic E-state index is 13.0. The zero-order chi connectivity index (χ0) is 24.9. The first-order valence-electron chi connectivity index (χ1n) is 12.4. The number of Topliss-reactive ketones (excluding diaryl/α,β-unsaturated/α-hetero) is 1. The number of unbranched alkanes of at least 4 members (excludes halogenated alkanes) is 2. The zero-order valence-corrected chi connectivity index (χ0v) is 20.3. The van der Waals surface area contributed by atoms with Gasteiger partial charge in [-0.15, -0.1) is 0 Å². The summed E-state index contributed by atoms with van der Waals surface area (Å²) in [6, 6.07) is 12.0. The Morgan fingerprint density at radius 2 is 1.71 bits per heavy atom. The Balaban J connectivity index is 1.62. The van der Waals surface area contributed by atoms with Crippen LogP contribution in [0.2, 0.25) is 0 Å². The quantitative estimate of drug-likeness (QED) is 0.247. The summed E-state index contributed by atoms with van der Waals surface area (Å²) >= 11 is 0. The lowest BCUT2D eigenvalue weighted by molar-refractivity contribution is -0.177. The first-order valence-corrected chi connectivity index (χ1v) is 12.4. The number of ketones is 1. The van der Waals surface area contributed by atoms with Gasteiger partial charge >= 0.3 is 6.16 Å². The molecule has 7 nitrogen and oxygen atoms in total. The van der Waals surface area contributed by atoms with Gasteiger partial charge in [-0.1, -0.05) is 68.2 Å². The fourth-order valence-electron chi connectivity index (χ4n) is 4.79. The highest BCUT2D eigenvalue weighted by molar-refractivity contribution is 6.05. The molecular weight excluding hydrogens is 446 g/mol. The van der Waals surface area contributed by atoms with Crippen LogP contribution in [0.15, 0.2) is 36.4 Å². The van der Waals surface area contributed by atoms with Gasteiger partial charge in [-0.05, 0) is 47.1 Å². The van der Waals surface area contributed by atoms with Crippen LogP contribution < -0.4 is 0 Å². The summed E-state index contributed by atoms with van der Waals surface area (Å²) in [5, 5.41) is 0.478. The van der Waals surface area contributed by atoms with Crippen molar-refractivity contribution in [3.63, 3.8) is 0 Å². The molecule has 2 aliphatic rings. The van der Waals surface area contributed by atoms with Crippen molar-refractivity contribution in [3.8, 4) is 11.1 Å². The Kier molecular flexibility index (Phi) is 7.63. The SMILES string of the molecule is CCCCC(=O)c1cccc2c1-c1ccc(CCCC)cc1C2COC(=O)ON1C(=O)CCC1=O. The van der Waals surface area contributed by atoms with E-state index in [-0.39, 0.29) is 31.1 Å². The smallest absolute Gasteiger partial charge is 0.432 e. The lowest BCUT2D eigenvalue weighted by atomic mass is 9.93. The molecule has 0 aromatic heterocycles. The largest absolute Gasteiger partial charge is 0.533 e. The summed E-state index contributed by atoms with van der Waals surface area (Å²) in [6.45, 7) is 4.18. The molecule has 1 heterocycles. The minimum atomic E-state index is -1.10. The first-order chi connectivity index (χ1) is 16.9. The van der Waals surface area contributed by atoms with E-state index < -0.39 is 18.0 Å². The van der Waals surface area contributed by atoms with E-state index in [9.17, 15) is 19.2 Å². The Morgan fingerprint density at radius 1 is 0.971 bits per heavy atom. The van der Waals surface area contributed by atoms with Crippen LogP contribution >= 0.6 is 0 Å². The summed E-state index contributed by atoms with van der Waals surface area (Å²) in [5.74, 6) is -1.28. The van der Waals surface area contributed by atoms with Crippen LogP contribution in [-0.2, 0) is 25.6 Å². The standard InChI is InChI=1S/C28H31NO6/c1-3-5-8-18-12-13-20-22(16-18)23(17-34-28(33)35-29-25(31)14-15-26(29)32)19-9-7-10-21(27(19)20)24(30)11-6-4-2/h7,9-10,12-13,16,23H,3-6,8,11,14-15,17H2,1-2H3. The molecule has 0 N–H and O–H groups in total. The summed E-state index contributed by atoms with van der Waals surface area (Å²) in [5.41, 5.74) is 5.70. The molecule has 1 aliphatic carbocycles. The third-order valence-corrected chi connectivity index (χ3v) is 6.65. The molecule has 2 amide bonds. The second-order valence-electron chi connectivity index (χ2n) is 9.11. The van der Waals surface area contributed by atoms with Gasteiger partial charge < -0.3 is 4.74 Å². The highest BCUT2D eigenvalue weighted by Crippen LogP contribution is 2.47. The Morgan fingerprint density at radius 3 is 2.43 bits per heavy atom. The van der Waals surface area contributed by atoms with E-state index in [2.05, 4.69) is 32.0 Å². The molecule has 35 heavy (non-hydrogen) atoms. The topological polar surface area (TPSA) is 90.0 Å². The number of carbonyl (C=O) groups is 4. The number of aryl methyl sites for hydroxylation is 1. The number of hydroxylamine groups is 2.